The van der Waals surface area contributed by atoms with Crippen molar-refractivity contribution in [3.8, 4) is 5.88 Å². The van der Waals surface area contributed by atoms with Crippen LogP contribution in [0.2, 0.25) is 0 Å². The third kappa shape index (κ3) is 4.10. The summed E-state index contributed by atoms with van der Waals surface area (Å²) in [6, 6.07) is 1.94. The highest BCUT2D eigenvalue weighted by Crippen LogP contribution is 2.19. The number of amides is 2. The molecule has 23 heavy (non-hydrogen) atoms. The fourth-order valence-corrected chi connectivity index (χ4v) is 3.08. The number of morpholine rings is 1. The van der Waals surface area contributed by atoms with Crippen LogP contribution in [-0.2, 0) is 4.74 Å². The smallest absolute Gasteiger partial charge is 0.320 e. The van der Waals surface area contributed by atoms with Crippen LogP contribution in [0, 0.1) is 13.8 Å². The van der Waals surface area contributed by atoms with Crippen molar-refractivity contribution in [3.05, 3.63) is 17.6 Å². The second kappa shape index (κ2) is 7.12. The highest BCUT2D eigenvalue weighted by molar-refractivity contribution is 5.74. The fourth-order valence-electron chi connectivity index (χ4n) is 3.08. The molecule has 0 saturated carbocycles. The fraction of sp³-hybridized carbons (Fsp3) is 0.688. The SMILES string of the molecule is Cc1cc(OC2CCCN(C(=O)N3CCOCC3)C2)nc(C)n1. The van der Waals surface area contributed by atoms with Crippen molar-refractivity contribution < 1.29 is 14.3 Å². The number of hydrogen-bond donors (Lipinski definition) is 0. The predicted octanol–water partition coefficient (Wildman–Crippen LogP) is 1.39. The highest BCUT2D eigenvalue weighted by Gasteiger charge is 2.29. The van der Waals surface area contributed by atoms with Crippen LogP contribution in [0.15, 0.2) is 6.07 Å². The lowest BCUT2D eigenvalue weighted by molar-refractivity contribution is 0.0325. The van der Waals surface area contributed by atoms with Gasteiger partial charge in [-0.2, -0.15) is 4.98 Å². The Kier molecular flexibility index (Phi) is 4.95. The molecule has 1 aromatic rings. The average molecular weight is 320 g/mol. The molecule has 3 heterocycles. The maximum Gasteiger partial charge on any atom is 0.320 e. The molecule has 7 heteroatoms. The Bertz CT molecular complexity index is 540. The molecule has 0 aromatic carbocycles. The zero-order valence-corrected chi connectivity index (χ0v) is 13.8. The van der Waals surface area contributed by atoms with Crippen LogP contribution in [0.3, 0.4) is 0 Å². The van der Waals surface area contributed by atoms with Crippen molar-refractivity contribution in [2.75, 3.05) is 39.4 Å². The van der Waals surface area contributed by atoms with E-state index in [4.69, 9.17) is 9.47 Å². The van der Waals surface area contributed by atoms with Gasteiger partial charge in [-0.15, -0.1) is 0 Å². The lowest BCUT2D eigenvalue weighted by atomic mass is 10.1. The van der Waals surface area contributed by atoms with Gasteiger partial charge < -0.3 is 19.3 Å². The van der Waals surface area contributed by atoms with Gasteiger partial charge in [-0.3, -0.25) is 0 Å². The Morgan fingerprint density at radius 2 is 2.00 bits per heavy atom. The van der Waals surface area contributed by atoms with Crippen LogP contribution < -0.4 is 4.74 Å². The van der Waals surface area contributed by atoms with Gasteiger partial charge in [-0.05, 0) is 26.7 Å². The summed E-state index contributed by atoms with van der Waals surface area (Å²) in [6.45, 7) is 7.77. The van der Waals surface area contributed by atoms with Gasteiger partial charge in [0.2, 0.25) is 5.88 Å². The van der Waals surface area contributed by atoms with E-state index in [2.05, 4.69) is 9.97 Å². The Balaban J connectivity index is 1.60. The van der Waals surface area contributed by atoms with E-state index in [-0.39, 0.29) is 12.1 Å². The largest absolute Gasteiger partial charge is 0.472 e. The first-order chi connectivity index (χ1) is 11.1. The molecule has 7 nitrogen and oxygen atoms in total. The predicted molar refractivity (Wildman–Crippen MR) is 84.5 cm³/mol. The normalized spacial score (nSPS) is 22.1. The molecular formula is C16H24N4O3. The molecule has 2 aliphatic heterocycles. The van der Waals surface area contributed by atoms with E-state index in [9.17, 15) is 4.79 Å². The Morgan fingerprint density at radius 1 is 1.22 bits per heavy atom. The van der Waals surface area contributed by atoms with Crippen LogP contribution in [-0.4, -0.2) is 71.3 Å². The van der Waals surface area contributed by atoms with E-state index in [0.717, 1.165) is 25.1 Å². The quantitative estimate of drug-likeness (QED) is 0.824. The lowest BCUT2D eigenvalue weighted by Crippen LogP contribution is -2.52. The van der Waals surface area contributed by atoms with Gasteiger partial charge in [0.05, 0.1) is 19.8 Å². The Hall–Kier alpha value is -1.89. The van der Waals surface area contributed by atoms with Crippen molar-refractivity contribution in [2.45, 2.75) is 32.8 Å². The number of piperidine rings is 1. The molecular weight excluding hydrogens is 296 g/mol. The second-order valence-electron chi connectivity index (χ2n) is 6.10. The molecule has 2 fully saturated rings. The number of hydrogen-bond acceptors (Lipinski definition) is 5. The first-order valence-electron chi connectivity index (χ1n) is 8.22. The van der Waals surface area contributed by atoms with E-state index >= 15 is 0 Å². The third-order valence-electron chi connectivity index (χ3n) is 4.16. The van der Waals surface area contributed by atoms with Gasteiger partial charge in [-0.1, -0.05) is 0 Å². The molecule has 1 unspecified atom stereocenters. The topological polar surface area (TPSA) is 67.8 Å². The summed E-state index contributed by atoms with van der Waals surface area (Å²) in [5, 5.41) is 0. The first kappa shape index (κ1) is 16.0. The number of carbonyl (C=O) groups is 1. The van der Waals surface area contributed by atoms with Gasteiger partial charge in [0.15, 0.2) is 0 Å². The van der Waals surface area contributed by atoms with E-state index in [1.54, 1.807) is 0 Å². The zero-order chi connectivity index (χ0) is 16.2. The standard InChI is InChI=1S/C16H24N4O3/c1-12-10-15(18-13(2)17-12)23-14-4-3-5-20(11-14)16(21)19-6-8-22-9-7-19/h10,14H,3-9,11H2,1-2H3. The number of nitrogens with zero attached hydrogens (tertiary/aromatic N) is 4. The first-order valence-corrected chi connectivity index (χ1v) is 8.22. The molecule has 2 aliphatic rings. The summed E-state index contributed by atoms with van der Waals surface area (Å²) in [7, 11) is 0. The number of urea groups is 1. The monoisotopic (exact) mass is 320 g/mol. The Labute approximate surface area is 136 Å². The molecule has 126 valence electrons. The molecule has 0 bridgehead atoms. The van der Waals surface area contributed by atoms with E-state index in [0.29, 0.717) is 44.6 Å². The summed E-state index contributed by atoms with van der Waals surface area (Å²) in [5.41, 5.74) is 0.893. The van der Waals surface area contributed by atoms with E-state index < -0.39 is 0 Å². The Morgan fingerprint density at radius 3 is 2.74 bits per heavy atom. The molecule has 3 rings (SSSR count). The molecule has 1 atom stereocenters. The van der Waals surface area contributed by atoms with Crippen molar-refractivity contribution >= 4 is 6.03 Å². The molecule has 0 aliphatic carbocycles. The molecule has 2 saturated heterocycles. The second-order valence-corrected chi connectivity index (χ2v) is 6.10. The van der Waals surface area contributed by atoms with Crippen LogP contribution in [0.4, 0.5) is 4.79 Å². The summed E-state index contributed by atoms with van der Waals surface area (Å²) >= 11 is 0. The molecule has 1 aromatic heterocycles. The van der Waals surface area contributed by atoms with Crippen LogP contribution in [0.25, 0.3) is 0 Å². The molecule has 2 amide bonds. The number of likely N-dealkylation sites (tertiary alicyclic amines) is 1. The van der Waals surface area contributed by atoms with Crippen LogP contribution in [0.5, 0.6) is 5.88 Å². The van der Waals surface area contributed by atoms with E-state index in [1.807, 2.05) is 29.7 Å². The van der Waals surface area contributed by atoms with Gasteiger partial charge in [0.1, 0.15) is 11.9 Å². The minimum absolute atomic E-state index is 0.0116. The minimum atomic E-state index is -0.0116. The average Bonchev–Trinajstić information content (AvgIpc) is 2.54. The summed E-state index contributed by atoms with van der Waals surface area (Å²) in [6.07, 6.45) is 1.88. The molecule has 0 radical (unpaired) electrons. The number of ether oxygens (including phenoxy) is 2. The highest BCUT2D eigenvalue weighted by atomic mass is 16.5. The number of rotatable bonds is 2. The van der Waals surface area contributed by atoms with Crippen LogP contribution in [0.1, 0.15) is 24.4 Å². The van der Waals surface area contributed by atoms with Gasteiger partial charge in [-0.25, -0.2) is 9.78 Å². The van der Waals surface area contributed by atoms with Gasteiger partial charge in [0.25, 0.3) is 0 Å². The van der Waals surface area contributed by atoms with Gasteiger partial charge >= 0.3 is 6.03 Å². The van der Waals surface area contributed by atoms with Crippen LogP contribution >= 0.6 is 0 Å². The third-order valence-corrected chi connectivity index (χ3v) is 4.16. The number of carbonyl (C=O) groups excluding carboxylic acids is 1. The van der Waals surface area contributed by atoms with Gasteiger partial charge in [0, 0.05) is 31.4 Å². The number of aromatic nitrogens is 2. The van der Waals surface area contributed by atoms with E-state index in [1.165, 1.54) is 0 Å². The molecule has 0 N–H and O–H groups in total. The summed E-state index contributed by atoms with van der Waals surface area (Å²) in [5.74, 6) is 1.30. The number of aryl methyl sites for hydroxylation is 2. The zero-order valence-electron chi connectivity index (χ0n) is 13.8. The lowest BCUT2D eigenvalue weighted by Gasteiger charge is -2.37. The maximum absolute atomic E-state index is 12.6. The maximum atomic E-state index is 12.6. The minimum Gasteiger partial charge on any atom is -0.472 e. The summed E-state index contributed by atoms with van der Waals surface area (Å²) in [4.78, 5) is 24.9. The van der Waals surface area contributed by atoms with Crippen molar-refractivity contribution in [1.29, 1.82) is 0 Å². The molecule has 0 spiro atoms. The van der Waals surface area contributed by atoms with Crippen molar-refractivity contribution in [3.63, 3.8) is 0 Å². The summed E-state index contributed by atoms with van der Waals surface area (Å²) < 4.78 is 11.3. The van der Waals surface area contributed by atoms with Crippen molar-refractivity contribution in [2.24, 2.45) is 0 Å². The van der Waals surface area contributed by atoms with Crippen molar-refractivity contribution in [1.82, 2.24) is 19.8 Å².